The molecule has 1 saturated heterocycles. The molecule has 3 heterocycles. The summed E-state index contributed by atoms with van der Waals surface area (Å²) in [4.78, 5) is 11.7. The quantitative estimate of drug-likeness (QED) is 0.518. The van der Waals surface area contributed by atoms with Crippen LogP contribution < -0.4 is 5.32 Å². The highest BCUT2D eigenvalue weighted by Gasteiger charge is 2.12. The van der Waals surface area contributed by atoms with Crippen LogP contribution in [0, 0.1) is 13.8 Å². The Kier molecular flexibility index (Phi) is 5.40. The molecule has 6 nitrogen and oxygen atoms in total. The zero-order valence-corrected chi connectivity index (χ0v) is 18.0. The minimum Gasteiger partial charge on any atom is -0.379 e. The Morgan fingerprint density at radius 2 is 1.77 bits per heavy atom. The van der Waals surface area contributed by atoms with E-state index in [0.717, 1.165) is 55.3 Å². The lowest BCUT2D eigenvalue weighted by atomic mass is 10.1. The van der Waals surface area contributed by atoms with E-state index in [4.69, 9.17) is 9.72 Å². The lowest BCUT2D eigenvalue weighted by Crippen LogP contribution is -2.35. The summed E-state index contributed by atoms with van der Waals surface area (Å²) in [5.41, 5.74) is 6.81. The van der Waals surface area contributed by atoms with Gasteiger partial charge in [0.05, 0.1) is 13.2 Å². The molecule has 0 aliphatic carbocycles. The smallest absolute Gasteiger partial charge is 0.229 e. The van der Waals surface area contributed by atoms with Crippen molar-refractivity contribution < 1.29 is 4.74 Å². The molecule has 2 aromatic carbocycles. The van der Waals surface area contributed by atoms with E-state index in [0.29, 0.717) is 5.95 Å². The van der Waals surface area contributed by atoms with E-state index in [-0.39, 0.29) is 0 Å². The number of ether oxygens (including phenoxy) is 1. The molecule has 0 amide bonds. The maximum absolute atomic E-state index is 5.44. The highest BCUT2D eigenvalue weighted by Crippen LogP contribution is 2.22. The number of rotatable bonds is 5. The number of aryl methyl sites for hydroxylation is 2. The predicted octanol–water partition coefficient (Wildman–Crippen LogP) is 4.61. The Morgan fingerprint density at radius 3 is 2.55 bits per heavy atom. The van der Waals surface area contributed by atoms with Crippen LogP contribution in [-0.4, -0.2) is 45.7 Å². The standard InChI is InChI=1S/C25H27N5O/c1-18-3-6-22(15-19(18)2)27-25-26-16-21-9-10-30(24(21)28-25)23-7-4-20(5-8-23)17-29-11-13-31-14-12-29/h3-10,15-16H,11-14,17H2,1-2H3,(H,26,27,28). The maximum Gasteiger partial charge on any atom is 0.229 e. The molecule has 0 saturated carbocycles. The van der Waals surface area contributed by atoms with Crippen LogP contribution >= 0.6 is 0 Å². The normalized spacial score (nSPS) is 14.8. The molecule has 5 rings (SSSR count). The van der Waals surface area contributed by atoms with E-state index < -0.39 is 0 Å². The van der Waals surface area contributed by atoms with E-state index >= 15 is 0 Å². The topological polar surface area (TPSA) is 55.2 Å². The summed E-state index contributed by atoms with van der Waals surface area (Å²) in [5, 5.41) is 4.35. The number of morpholine rings is 1. The summed E-state index contributed by atoms with van der Waals surface area (Å²) in [5.74, 6) is 0.597. The summed E-state index contributed by atoms with van der Waals surface area (Å²) in [6.45, 7) is 8.83. The van der Waals surface area contributed by atoms with Crippen molar-refractivity contribution in [1.82, 2.24) is 19.4 Å². The zero-order valence-electron chi connectivity index (χ0n) is 18.0. The van der Waals surface area contributed by atoms with Crippen molar-refractivity contribution in [2.75, 3.05) is 31.6 Å². The number of hydrogen-bond donors (Lipinski definition) is 1. The molecule has 0 bridgehead atoms. The van der Waals surface area contributed by atoms with Crippen LogP contribution in [0.4, 0.5) is 11.6 Å². The Hall–Kier alpha value is -3.22. The molecule has 0 spiro atoms. The van der Waals surface area contributed by atoms with Crippen LogP contribution in [0.1, 0.15) is 16.7 Å². The van der Waals surface area contributed by atoms with Crippen LogP contribution in [0.5, 0.6) is 0 Å². The average molecular weight is 414 g/mol. The number of fused-ring (bicyclic) bond motifs is 1. The zero-order chi connectivity index (χ0) is 21.2. The number of aromatic nitrogens is 3. The van der Waals surface area contributed by atoms with E-state index in [9.17, 15) is 0 Å². The molecular weight excluding hydrogens is 386 g/mol. The van der Waals surface area contributed by atoms with Gasteiger partial charge in [-0.1, -0.05) is 18.2 Å². The molecule has 1 aliphatic heterocycles. The first kappa shape index (κ1) is 19.7. The summed E-state index contributed by atoms with van der Waals surface area (Å²) in [6, 6.07) is 17.1. The van der Waals surface area contributed by atoms with Gasteiger partial charge in [-0.3, -0.25) is 4.90 Å². The minimum absolute atomic E-state index is 0.597. The van der Waals surface area contributed by atoms with Crippen molar-refractivity contribution in [2.45, 2.75) is 20.4 Å². The van der Waals surface area contributed by atoms with Gasteiger partial charge in [-0.25, -0.2) is 4.98 Å². The van der Waals surface area contributed by atoms with Crippen LogP contribution in [0.2, 0.25) is 0 Å². The van der Waals surface area contributed by atoms with Gasteiger partial charge in [-0.05, 0) is 60.9 Å². The van der Waals surface area contributed by atoms with Crippen molar-refractivity contribution in [3.63, 3.8) is 0 Å². The van der Waals surface area contributed by atoms with Crippen LogP contribution in [0.3, 0.4) is 0 Å². The molecule has 1 aliphatic rings. The fourth-order valence-corrected chi connectivity index (χ4v) is 3.91. The first-order valence-corrected chi connectivity index (χ1v) is 10.7. The van der Waals surface area contributed by atoms with Crippen LogP contribution in [0.15, 0.2) is 60.9 Å². The molecule has 0 radical (unpaired) electrons. The van der Waals surface area contributed by atoms with Crippen LogP contribution in [0.25, 0.3) is 16.7 Å². The Morgan fingerprint density at radius 1 is 0.968 bits per heavy atom. The summed E-state index contributed by atoms with van der Waals surface area (Å²) >= 11 is 0. The molecule has 2 aromatic heterocycles. The van der Waals surface area contributed by atoms with Gasteiger partial charge < -0.3 is 14.6 Å². The second-order valence-corrected chi connectivity index (χ2v) is 8.14. The highest BCUT2D eigenvalue weighted by atomic mass is 16.5. The number of anilines is 2. The van der Waals surface area contributed by atoms with Crippen molar-refractivity contribution in [1.29, 1.82) is 0 Å². The molecule has 0 unspecified atom stereocenters. The van der Waals surface area contributed by atoms with Gasteiger partial charge in [0.1, 0.15) is 5.65 Å². The lowest BCUT2D eigenvalue weighted by Gasteiger charge is -2.26. The Bertz CT molecular complexity index is 1190. The van der Waals surface area contributed by atoms with Gasteiger partial charge in [0.25, 0.3) is 0 Å². The molecule has 31 heavy (non-hydrogen) atoms. The second kappa shape index (κ2) is 8.49. The number of nitrogens with one attached hydrogen (secondary N) is 1. The van der Waals surface area contributed by atoms with Gasteiger partial charge in [0.2, 0.25) is 5.95 Å². The monoisotopic (exact) mass is 413 g/mol. The first-order chi connectivity index (χ1) is 15.2. The predicted molar refractivity (Wildman–Crippen MR) is 124 cm³/mol. The summed E-state index contributed by atoms with van der Waals surface area (Å²) in [7, 11) is 0. The van der Waals surface area contributed by atoms with Crippen molar-refractivity contribution >= 4 is 22.7 Å². The summed E-state index contributed by atoms with van der Waals surface area (Å²) < 4.78 is 7.55. The van der Waals surface area contributed by atoms with Gasteiger partial charge in [0, 0.05) is 48.8 Å². The van der Waals surface area contributed by atoms with E-state index in [1.807, 2.05) is 6.20 Å². The van der Waals surface area contributed by atoms with Gasteiger partial charge in [-0.2, -0.15) is 4.98 Å². The third-order valence-corrected chi connectivity index (χ3v) is 5.91. The van der Waals surface area contributed by atoms with Crippen molar-refractivity contribution in [2.24, 2.45) is 0 Å². The lowest BCUT2D eigenvalue weighted by molar-refractivity contribution is 0.0342. The number of benzene rings is 2. The highest BCUT2D eigenvalue weighted by molar-refractivity contribution is 5.78. The average Bonchev–Trinajstić information content (AvgIpc) is 3.21. The molecular formula is C25H27N5O. The first-order valence-electron chi connectivity index (χ1n) is 10.7. The fourth-order valence-electron chi connectivity index (χ4n) is 3.91. The molecule has 6 heteroatoms. The third-order valence-electron chi connectivity index (χ3n) is 5.91. The molecule has 1 fully saturated rings. The van der Waals surface area contributed by atoms with Gasteiger partial charge in [-0.15, -0.1) is 0 Å². The van der Waals surface area contributed by atoms with Crippen molar-refractivity contribution in [3.05, 3.63) is 77.6 Å². The van der Waals surface area contributed by atoms with Crippen LogP contribution in [-0.2, 0) is 11.3 Å². The Labute approximate surface area is 182 Å². The third kappa shape index (κ3) is 4.31. The molecule has 1 N–H and O–H groups in total. The summed E-state index contributed by atoms with van der Waals surface area (Å²) in [6.07, 6.45) is 3.92. The molecule has 0 atom stereocenters. The number of nitrogens with zero attached hydrogens (tertiary/aromatic N) is 4. The maximum atomic E-state index is 5.44. The van der Waals surface area contributed by atoms with Gasteiger partial charge in [0.15, 0.2) is 0 Å². The van der Waals surface area contributed by atoms with Crippen molar-refractivity contribution in [3.8, 4) is 5.69 Å². The van der Waals surface area contributed by atoms with E-state index in [1.54, 1.807) is 0 Å². The van der Waals surface area contributed by atoms with Gasteiger partial charge >= 0.3 is 0 Å². The molecule has 158 valence electrons. The number of hydrogen-bond acceptors (Lipinski definition) is 5. The molecule has 4 aromatic rings. The minimum atomic E-state index is 0.597. The Balaban J connectivity index is 1.38. The largest absolute Gasteiger partial charge is 0.379 e. The van der Waals surface area contributed by atoms with E-state index in [2.05, 4.69) is 88.3 Å². The SMILES string of the molecule is Cc1ccc(Nc2ncc3ccn(-c4ccc(CN5CCOCC5)cc4)c3n2)cc1C. The fraction of sp³-hybridized carbons (Fsp3) is 0.280. The second-order valence-electron chi connectivity index (χ2n) is 8.14. The van der Waals surface area contributed by atoms with E-state index in [1.165, 1.54) is 16.7 Å².